The number of benzene rings is 1. The third-order valence-electron chi connectivity index (χ3n) is 4.62. The first-order chi connectivity index (χ1) is 9.72. The number of hydrogen-bond donors (Lipinski definition) is 1. The monoisotopic (exact) mass is 274 g/mol. The molecule has 112 valence electrons. The molecule has 2 rings (SSSR count). The summed E-state index contributed by atoms with van der Waals surface area (Å²) in [7, 11) is 2.25. The Morgan fingerprint density at radius 3 is 2.40 bits per heavy atom. The van der Waals surface area contributed by atoms with Gasteiger partial charge < -0.3 is 10.2 Å². The van der Waals surface area contributed by atoms with Crippen LogP contribution < -0.4 is 10.2 Å². The third-order valence-corrected chi connectivity index (χ3v) is 4.62. The summed E-state index contributed by atoms with van der Waals surface area (Å²) in [4.78, 5) is 2.48. The summed E-state index contributed by atoms with van der Waals surface area (Å²) in [5.74, 6) is 0. The topological polar surface area (TPSA) is 15.3 Å². The van der Waals surface area contributed by atoms with Crippen LogP contribution in [0.4, 0.5) is 5.69 Å². The second-order valence-electron chi connectivity index (χ2n) is 6.17. The summed E-state index contributed by atoms with van der Waals surface area (Å²) in [6, 6.07) is 10.3. The van der Waals surface area contributed by atoms with Crippen molar-refractivity contribution in [1.82, 2.24) is 5.32 Å². The average molecular weight is 274 g/mol. The summed E-state index contributed by atoms with van der Waals surface area (Å²) in [5.41, 5.74) is 2.75. The standard InChI is InChI=1S/C18H30N2/c1-4-14-19-15(2)16-10-12-18(13-11-16)20(3)17-8-6-5-7-9-17/h10-13,15,17,19H,4-9,14H2,1-3H3. The predicted molar refractivity (Wildman–Crippen MR) is 88.4 cm³/mol. The van der Waals surface area contributed by atoms with Crippen LogP contribution in [-0.2, 0) is 0 Å². The molecule has 0 radical (unpaired) electrons. The van der Waals surface area contributed by atoms with Gasteiger partial charge >= 0.3 is 0 Å². The zero-order chi connectivity index (χ0) is 14.4. The third kappa shape index (κ3) is 3.99. The molecular weight excluding hydrogens is 244 g/mol. The molecule has 1 aromatic carbocycles. The molecule has 1 atom stereocenters. The smallest absolute Gasteiger partial charge is 0.0366 e. The highest BCUT2D eigenvalue weighted by Crippen LogP contribution is 2.27. The number of hydrogen-bond acceptors (Lipinski definition) is 2. The normalized spacial score (nSPS) is 17.9. The van der Waals surface area contributed by atoms with E-state index in [9.17, 15) is 0 Å². The molecule has 1 aliphatic rings. The molecule has 0 aromatic heterocycles. The van der Waals surface area contributed by atoms with E-state index >= 15 is 0 Å². The van der Waals surface area contributed by atoms with Gasteiger partial charge in [-0.15, -0.1) is 0 Å². The van der Waals surface area contributed by atoms with E-state index in [-0.39, 0.29) is 0 Å². The van der Waals surface area contributed by atoms with E-state index in [2.05, 4.69) is 55.4 Å². The van der Waals surface area contributed by atoms with Crippen molar-refractivity contribution >= 4 is 5.69 Å². The van der Waals surface area contributed by atoms with Gasteiger partial charge in [0.15, 0.2) is 0 Å². The lowest BCUT2D eigenvalue weighted by Crippen LogP contribution is -2.33. The van der Waals surface area contributed by atoms with E-state index in [1.54, 1.807) is 0 Å². The molecule has 20 heavy (non-hydrogen) atoms. The zero-order valence-corrected chi connectivity index (χ0v) is 13.4. The largest absolute Gasteiger partial charge is 0.372 e. The van der Waals surface area contributed by atoms with Gasteiger partial charge in [0.25, 0.3) is 0 Å². The highest BCUT2D eigenvalue weighted by Gasteiger charge is 2.18. The first-order valence-electron chi connectivity index (χ1n) is 8.28. The molecule has 2 heteroatoms. The van der Waals surface area contributed by atoms with E-state index in [0.717, 1.165) is 12.6 Å². The summed E-state index contributed by atoms with van der Waals surface area (Å²) in [6.07, 6.45) is 8.10. The van der Waals surface area contributed by atoms with E-state index in [4.69, 9.17) is 0 Å². The van der Waals surface area contributed by atoms with Crippen molar-refractivity contribution in [2.45, 2.75) is 64.5 Å². The molecule has 2 nitrogen and oxygen atoms in total. The first kappa shape index (κ1) is 15.4. The van der Waals surface area contributed by atoms with Crippen LogP contribution in [0, 0.1) is 0 Å². The van der Waals surface area contributed by atoms with Gasteiger partial charge in [-0.05, 0) is 50.4 Å². The van der Waals surface area contributed by atoms with Gasteiger partial charge in [-0.1, -0.05) is 38.3 Å². The Labute approximate surface area is 124 Å². The Morgan fingerprint density at radius 2 is 1.80 bits per heavy atom. The van der Waals surface area contributed by atoms with Gasteiger partial charge in [-0.3, -0.25) is 0 Å². The molecule has 1 fully saturated rings. The van der Waals surface area contributed by atoms with Gasteiger partial charge in [0, 0.05) is 24.8 Å². The van der Waals surface area contributed by atoms with Gasteiger partial charge in [-0.2, -0.15) is 0 Å². The summed E-state index contributed by atoms with van der Waals surface area (Å²) in [5, 5.41) is 3.55. The average Bonchev–Trinajstić information content (AvgIpc) is 2.53. The van der Waals surface area contributed by atoms with Crippen LogP contribution in [0.25, 0.3) is 0 Å². The second kappa shape index (κ2) is 7.68. The van der Waals surface area contributed by atoms with E-state index in [0.29, 0.717) is 6.04 Å². The molecule has 0 saturated heterocycles. The number of rotatable bonds is 6. The molecule has 1 unspecified atom stereocenters. The fraction of sp³-hybridized carbons (Fsp3) is 0.667. The fourth-order valence-electron chi connectivity index (χ4n) is 3.16. The molecule has 1 aromatic rings. The minimum Gasteiger partial charge on any atom is -0.372 e. The first-order valence-corrected chi connectivity index (χ1v) is 8.28. The molecular formula is C18H30N2. The van der Waals surface area contributed by atoms with E-state index in [1.807, 2.05) is 0 Å². The maximum absolute atomic E-state index is 3.55. The van der Waals surface area contributed by atoms with Crippen LogP contribution in [0.5, 0.6) is 0 Å². The predicted octanol–water partition coefficient (Wildman–Crippen LogP) is 4.52. The maximum Gasteiger partial charge on any atom is 0.0366 e. The molecule has 0 spiro atoms. The Bertz CT molecular complexity index is 379. The van der Waals surface area contributed by atoms with Crippen LogP contribution in [0.15, 0.2) is 24.3 Å². The van der Waals surface area contributed by atoms with Crippen molar-refractivity contribution in [3.8, 4) is 0 Å². The number of anilines is 1. The van der Waals surface area contributed by atoms with Gasteiger partial charge in [0.1, 0.15) is 0 Å². The van der Waals surface area contributed by atoms with Gasteiger partial charge in [0.05, 0.1) is 0 Å². The zero-order valence-electron chi connectivity index (χ0n) is 13.4. The number of nitrogens with one attached hydrogen (secondary N) is 1. The van der Waals surface area contributed by atoms with Crippen LogP contribution in [-0.4, -0.2) is 19.6 Å². The van der Waals surface area contributed by atoms with Crippen LogP contribution >= 0.6 is 0 Å². The van der Waals surface area contributed by atoms with Crippen molar-refractivity contribution < 1.29 is 0 Å². The quantitative estimate of drug-likeness (QED) is 0.820. The molecule has 0 aliphatic heterocycles. The number of nitrogens with zero attached hydrogens (tertiary/aromatic N) is 1. The Hall–Kier alpha value is -1.02. The maximum atomic E-state index is 3.55. The van der Waals surface area contributed by atoms with Crippen molar-refractivity contribution in [3.63, 3.8) is 0 Å². The van der Waals surface area contributed by atoms with Gasteiger partial charge in [-0.25, -0.2) is 0 Å². The van der Waals surface area contributed by atoms with Crippen molar-refractivity contribution in [3.05, 3.63) is 29.8 Å². The lowest BCUT2D eigenvalue weighted by molar-refractivity contribution is 0.427. The van der Waals surface area contributed by atoms with E-state index in [1.165, 1.54) is 49.8 Å². The molecule has 1 aliphatic carbocycles. The lowest BCUT2D eigenvalue weighted by atomic mass is 9.94. The summed E-state index contributed by atoms with van der Waals surface area (Å²) >= 11 is 0. The van der Waals surface area contributed by atoms with Crippen molar-refractivity contribution in [1.29, 1.82) is 0 Å². The fourth-order valence-corrected chi connectivity index (χ4v) is 3.16. The van der Waals surface area contributed by atoms with Crippen LogP contribution in [0.2, 0.25) is 0 Å². The molecule has 0 amide bonds. The highest BCUT2D eigenvalue weighted by atomic mass is 15.1. The van der Waals surface area contributed by atoms with Crippen molar-refractivity contribution in [2.24, 2.45) is 0 Å². The van der Waals surface area contributed by atoms with Crippen molar-refractivity contribution in [2.75, 3.05) is 18.5 Å². The molecule has 1 N–H and O–H groups in total. The SMILES string of the molecule is CCCNC(C)c1ccc(N(C)C2CCCCC2)cc1. The molecule has 0 bridgehead atoms. The second-order valence-corrected chi connectivity index (χ2v) is 6.17. The summed E-state index contributed by atoms with van der Waals surface area (Å²) in [6.45, 7) is 5.54. The van der Waals surface area contributed by atoms with E-state index < -0.39 is 0 Å². The van der Waals surface area contributed by atoms with Crippen LogP contribution in [0.3, 0.4) is 0 Å². The lowest BCUT2D eigenvalue weighted by Gasteiger charge is -2.33. The minimum absolute atomic E-state index is 0.448. The summed E-state index contributed by atoms with van der Waals surface area (Å²) < 4.78 is 0. The Kier molecular flexibility index (Phi) is 5.90. The molecule has 1 saturated carbocycles. The highest BCUT2D eigenvalue weighted by molar-refractivity contribution is 5.48. The Balaban J connectivity index is 1.96. The Morgan fingerprint density at radius 1 is 1.15 bits per heavy atom. The van der Waals surface area contributed by atoms with Crippen LogP contribution in [0.1, 0.15) is 64.0 Å². The minimum atomic E-state index is 0.448. The molecule has 0 heterocycles. The van der Waals surface area contributed by atoms with Gasteiger partial charge in [0.2, 0.25) is 0 Å².